The first-order valence-corrected chi connectivity index (χ1v) is 6.70. The molecule has 0 aliphatic carbocycles. The molecular weight excluding hydrogens is 303 g/mol. The minimum absolute atomic E-state index is 0.264. The highest BCUT2D eigenvalue weighted by atomic mass is 19.4. The van der Waals surface area contributed by atoms with Gasteiger partial charge in [-0.05, 0) is 0 Å². The van der Waals surface area contributed by atoms with Crippen molar-refractivity contribution in [3.05, 3.63) is 12.7 Å². The zero-order valence-corrected chi connectivity index (χ0v) is 11.5. The minimum Gasteiger partial charge on any atom is -0.382 e. The Morgan fingerprint density at radius 2 is 1.95 bits per heavy atom. The number of morpholine rings is 1. The van der Waals surface area contributed by atoms with Gasteiger partial charge in [0.05, 0.1) is 26.1 Å². The van der Waals surface area contributed by atoms with Gasteiger partial charge < -0.3 is 19.3 Å². The molecule has 1 saturated heterocycles. The van der Waals surface area contributed by atoms with E-state index < -0.39 is 18.8 Å². The van der Waals surface area contributed by atoms with Crippen LogP contribution in [0.15, 0.2) is 12.7 Å². The number of aromatic nitrogens is 4. The standard InChI is InChI=1S/C12H14F3N5O2/c13-12(14,15)8(21)5-20-7-18-9-10(16-6-17-11(9)20)19-1-3-22-4-2-19/h6-8,21H,1-5H2/t8-/m1/s1. The zero-order chi connectivity index (χ0) is 15.7. The van der Waals surface area contributed by atoms with E-state index in [1.807, 2.05) is 4.90 Å². The highest BCUT2D eigenvalue weighted by Gasteiger charge is 2.38. The molecule has 120 valence electrons. The quantitative estimate of drug-likeness (QED) is 0.893. The molecule has 2 aromatic rings. The molecule has 1 fully saturated rings. The van der Waals surface area contributed by atoms with E-state index in [1.165, 1.54) is 17.2 Å². The van der Waals surface area contributed by atoms with Crippen LogP contribution in [0.3, 0.4) is 0 Å². The molecule has 22 heavy (non-hydrogen) atoms. The number of imidazole rings is 1. The number of anilines is 1. The van der Waals surface area contributed by atoms with Crippen LogP contribution in [0.5, 0.6) is 0 Å². The molecule has 0 aromatic carbocycles. The lowest BCUT2D eigenvalue weighted by Gasteiger charge is -2.27. The van der Waals surface area contributed by atoms with Crippen molar-refractivity contribution in [2.75, 3.05) is 31.2 Å². The molecular formula is C12H14F3N5O2. The van der Waals surface area contributed by atoms with Crippen LogP contribution < -0.4 is 4.90 Å². The second kappa shape index (κ2) is 5.69. The maximum atomic E-state index is 12.5. The van der Waals surface area contributed by atoms with Crippen LogP contribution in [0.4, 0.5) is 19.0 Å². The second-order valence-electron chi connectivity index (χ2n) is 4.92. The number of hydrogen-bond donors (Lipinski definition) is 1. The van der Waals surface area contributed by atoms with Crippen molar-refractivity contribution in [3.63, 3.8) is 0 Å². The summed E-state index contributed by atoms with van der Waals surface area (Å²) in [5.41, 5.74) is 0.679. The molecule has 3 rings (SSSR count). The number of ether oxygens (including phenoxy) is 1. The third kappa shape index (κ3) is 2.83. The fourth-order valence-electron chi connectivity index (χ4n) is 2.30. The van der Waals surface area contributed by atoms with Crippen LogP contribution in [0.2, 0.25) is 0 Å². The van der Waals surface area contributed by atoms with Crippen LogP contribution in [0.1, 0.15) is 0 Å². The highest BCUT2D eigenvalue weighted by molar-refractivity contribution is 5.83. The average molecular weight is 317 g/mol. The Kier molecular flexibility index (Phi) is 3.87. The second-order valence-corrected chi connectivity index (χ2v) is 4.92. The van der Waals surface area contributed by atoms with Crippen LogP contribution in [-0.2, 0) is 11.3 Å². The molecule has 0 spiro atoms. The van der Waals surface area contributed by atoms with E-state index in [2.05, 4.69) is 15.0 Å². The zero-order valence-electron chi connectivity index (χ0n) is 11.5. The van der Waals surface area contributed by atoms with E-state index in [0.717, 1.165) is 0 Å². The Labute approximate surface area is 123 Å². The van der Waals surface area contributed by atoms with Crippen molar-refractivity contribution < 1.29 is 23.0 Å². The van der Waals surface area contributed by atoms with Gasteiger partial charge in [-0.2, -0.15) is 13.2 Å². The van der Waals surface area contributed by atoms with Crippen LogP contribution >= 0.6 is 0 Å². The Morgan fingerprint density at radius 1 is 1.23 bits per heavy atom. The molecule has 1 aliphatic rings. The summed E-state index contributed by atoms with van der Waals surface area (Å²) in [4.78, 5) is 14.2. The van der Waals surface area contributed by atoms with Crippen LogP contribution in [0, 0.1) is 0 Å². The third-order valence-corrected chi connectivity index (χ3v) is 3.44. The number of aliphatic hydroxyl groups is 1. The van der Waals surface area contributed by atoms with Crippen LogP contribution in [0.25, 0.3) is 11.2 Å². The van der Waals surface area contributed by atoms with Crippen molar-refractivity contribution in [2.24, 2.45) is 0 Å². The number of aliphatic hydroxyl groups excluding tert-OH is 1. The molecule has 0 unspecified atom stereocenters. The Morgan fingerprint density at radius 3 is 2.64 bits per heavy atom. The molecule has 1 atom stereocenters. The number of fused-ring (bicyclic) bond motifs is 1. The first-order chi connectivity index (χ1) is 10.5. The Bertz CT molecular complexity index is 654. The minimum atomic E-state index is -4.68. The van der Waals surface area contributed by atoms with E-state index in [0.29, 0.717) is 37.6 Å². The SMILES string of the molecule is O[C@H](Cn1cnc2c(N3CCOCC3)ncnc21)C(F)(F)F. The Balaban J connectivity index is 1.91. The Hall–Kier alpha value is -1.94. The summed E-state index contributed by atoms with van der Waals surface area (Å²) >= 11 is 0. The van der Waals surface area contributed by atoms with Gasteiger partial charge in [0.2, 0.25) is 0 Å². The van der Waals surface area contributed by atoms with Crippen LogP contribution in [-0.4, -0.2) is 63.2 Å². The highest BCUT2D eigenvalue weighted by Crippen LogP contribution is 2.25. The van der Waals surface area contributed by atoms with Gasteiger partial charge in [-0.15, -0.1) is 0 Å². The van der Waals surface area contributed by atoms with Gasteiger partial charge in [-0.25, -0.2) is 15.0 Å². The lowest BCUT2D eigenvalue weighted by atomic mass is 10.3. The van der Waals surface area contributed by atoms with E-state index in [-0.39, 0.29) is 5.65 Å². The molecule has 1 aliphatic heterocycles. The number of halogens is 3. The molecule has 7 nitrogen and oxygen atoms in total. The molecule has 10 heteroatoms. The monoisotopic (exact) mass is 317 g/mol. The normalized spacial score (nSPS) is 17.9. The van der Waals surface area contributed by atoms with E-state index in [1.54, 1.807) is 0 Å². The maximum absolute atomic E-state index is 12.5. The maximum Gasteiger partial charge on any atom is 0.416 e. The predicted molar refractivity (Wildman–Crippen MR) is 70.4 cm³/mol. The largest absolute Gasteiger partial charge is 0.416 e. The first kappa shape index (κ1) is 15.0. The number of rotatable bonds is 3. The summed E-state index contributed by atoms with van der Waals surface area (Å²) in [5, 5.41) is 9.19. The fraction of sp³-hybridized carbons (Fsp3) is 0.583. The lowest BCUT2D eigenvalue weighted by Crippen LogP contribution is -2.37. The van der Waals surface area contributed by atoms with E-state index in [4.69, 9.17) is 4.74 Å². The van der Waals surface area contributed by atoms with Crippen molar-refractivity contribution in [2.45, 2.75) is 18.8 Å². The van der Waals surface area contributed by atoms with Gasteiger partial charge in [0, 0.05) is 13.1 Å². The van der Waals surface area contributed by atoms with Crippen molar-refractivity contribution in [1.29, 1.82) is 0 Å². The third-order valence-electron chi connectivity index (χ3n) is 3.44. The van der Waals surface area contributed by atoms with Gasteiger partial charge in [0.25, 0.3) is 0 Å². The van der Waals surface area contributed by atoms with E-state index in [9.17, 15) is 18.3 Å². The smallest absolute Gasteiger partial charge is 0.382 e. The molecule has 0 radical (unpaired) electrons. The summed E-state index contributed by atoms with van der Waals surface area (Å²) in [6.45, 7) is 1.71. The molecule has 2 aromatic heterocycles. The fourth-order valence-corrected chi connectivity index (χ4v) is 2.30. The predicted octanol–water partition coefficient (Wildman–Crippen LogP) is 0.586. The molecule has 0 saturated carbocycles. The number of hydrogen-bond acceptors (Lipinski definition) is 6. The van der Waals surface area contributed by atoms with Crippen molar-refractivity contribution in [1.82, 2.24) is 19.5 Å². The lowest BCUT2D eigenvalue weighted by molar-refractivity contribution is -0.207. The summed E-state index contributed by atoms with van der Waals surface area (Å²) in [6.07, 6.45) is -4.63. The summed E-state index contributed by atoms with van der Waals surface area (Å²) < 4.78 is 43.9. The number of nitrogens with zero attached hydrogens (tertiary/aromatic N) is 5. The van der Waals surface area contributed by atoms with Gasteiger partial charge in [0.1, 0.15) is 6.33 Å². The van der Waals surface area contributed by atoms with E-state index >= 15 is 0 Å². The van der Waals surface area contributed by atoms with Gasteiger partial charge >= 0.3 is 6.18 Å². The summed E-state index contributed by atoms with van der Waals surface area (Å²) in [6, 6.07) is 0. The van der Waals surface area contributed by atoms with Crippen molar-refractivity contribution in [3.8, 4) is 0 Å². The molecule has 1 N–H and O–H groups in total. The van der Waals surface area contributed by atoms with Crippen molar-refractivity contribution >= 4 is 17.0 Å². The first-order valence-electron chi connectivity index (χ1n) is 6.70. The molecule has 0 bridgehead atoms. The number of alkyl halides is 3. The summed E-state index contributed by atoms with van der Waals surface area (Å²) in [5.74, 6) is 0.563. The van der Waals surface area contributed by atoms with Gasteiger partial charge in [-0.3, -0.25) is 0 Å². The topological polar surface area (TPSA) is 76.3 Å². The summed E-state index contributed by atoms with van der Waals surface area (Å²) in [7, 11) is 0. The molecule has 0 amide bonds. The van der Waals surface area contributed by atoms with Gasteiger partial charge in [-0.1, -0.05) is 0 Å². The van der Waals surface area contributed by atoms with Gasteiger partial charge in [0.15, 0.2) is 23.1 Å². The molecule has 3 heterocycles. The average Bonchev–Trinajstić information content (AvgIpc) is 2.90.